The van der Waals surface area contributed by atoms with Gasteiger partial charge in [0.25, 0.3) is 0 Å². The second kappa shape index (κ2) is 7.31. The fourth-order valence-electron chi connectivity index (χ4n) is 3.98. The van der Waals surface area contributed by atoms with E-state index in [-0.39, 0.29) is 11.7 Å². The molecule has 0 saturated carbocycles. The van der Waals surface area contributed by atoms with Crippen molar-refractivity contribution in [1.29, 1.82) is 0 Å². The van der Waals surface area contributed by atoms with Crippen molar-refractivity contribution in [3.8, 4) is 0 Å². The molecule has 2 aliphatic rings. The fraction of sp³-hybridized carbons (Fsp3) is 0.611. The molecular weight excluding hydrogens is 359 g/mol. The minimum atomic E-state index is -0.119. The third-order valence-corrected chi connectivity index (χ3v) is 5.86. The molecule has 0 radical (unpaired) electrons. The lowest BCUT2D eigenvalue weighted by molar-refractivity contribution is -0.130. The summed E-state index contributed by atoms with van der Waals surface area (Å²) in [7, 11) is 0. The second-order valence-corrected chi connectivity index (χ2v) is 7.78. The number of nitrogens with zero attached hydrogens (tertiary/aromatic N) is 2. The van der Waals surface area contributed by atoms with E-state index in [9.17, 15) is 9.18 Å². The van der Waals surface area contributed by atoms with Crippen LogP contribution in [0, 0.1) is 17.7 Å². The number of benzene rings is 1. The molecule has 23 heavy (non-hydrogen) atoms. The predicted octanol–water partition coefficient (Wildman–Crippen LogP) is 3.67. The topological polar surface area (TPSA) is 23.6 Å². The zero-order valence-corrected chi connectivity index (χ0v) is 15.2. The summed E-state index contributed by atoms with van der Waals surface area (Å²) in [5.74, 6) is 1.48. The van der Waals surface area contributed by atoms with Gasteiger partial charge in [0, 0.05) is 43.1 Å². The number of carbonyl (C=O) groups is 1. The van der Waals surface area contributed by atoms with E-state index in [0.29, 0.717) is 18.4 Å². The highest BCUT2D eigenvalue weighted by Gasteiger charge is 2.32. The molecule has 0 N–H and O–H groups in total. The molecule has 2 aliphatic heterocycles. The van der Waals surface area contributed by atoms with Gasteiger partial charge < -0.3 is 4.90 Å². The Morgan fingerprint density at radius 3 is 2.61 bits per heavy atom. The van der Waals surface area contributed by atoms with E-state index in [2.05, 4.69) is 20.8 Å². The summed E-state index contributed by atoms with van der Waals surface area (Å²) in [4.78, 5) is 15.7. The Kier molecular flexibility index (Phi) is 5.37. The molecule has 3 nitrogen and oxygen atoms in total. The van der Waals surface area contributed by atoms with Gasteiger partial charge in [-0.25, -0.2) is 4.39 Å². The first-order valence-electron chi connectivity index (χ1n) is 8.44. The van der Waals surface area contributed by atoms with E-state index >= 15 is 0 Å². The molecule has 0 aromatic heterocycles. The highest BCUT2D eigenvalue weighted by atomic mass is 79.9. The summed E-state index contributed by atoms with van der Waals surface area (Å²) in [6, 6.07) is 5.16. The average Bonchev–Trinajstić information content (AvgIpc) is 2.99. The molecule has 1 unspecified atom stereocenters. The first kappa shape index (κ1) is 16.9. The lowest BCUT2D eigenvalue weighted by Gasteiger charge is -2.34. The summed E-state index contributed by atoms with van der Waals surface area (Å²) in [5, 5.41) is 0. The van der Waals surface area contributed by atoms with Crippen LogP contribution in [0.1, 0.15) is 31.7 Å². The van der Waals surface area contributed by atoms with Crippen LogP contribution in [0.25, 0.3) is 0 Å². The molecule has 3 rings (SSSR count). The third kappa shape index (κ3) is 4.13. The van der Waals surface area contributed by atoms with Crippen molar-refractivity contribution < 1.29 is 9.18 Å². The highest BCUT2D eigenvalue weighted by molar-refractivity contribution is 9.10. The third-order valence-electron chi connectivity index (χ3n) is 5.36. The smallest absolute Gasteiger partial charge is 0.219 e. The zero-order chi connectivity index (χ0) is 16.4. The van der Waals surface area contributed by atoms with Crippen LogP contribution < -0.4 is 0 Å². The van der Waals surface area contributed by atoms with Crippen molar-refractivity contribution in [3.63, 3.8) is 0 Å². The zero-order valence-electron chi connectivity index (χ0n) is 13.6. The highest BCUT2D eigenvalue weighted by Crippen LogP contribution is 2.32. The maximum absolute atomic E-state index is 13.9. The Labute approximate surface area is 146 Å². The molecule has 1 aromatic carbocycles. The molecule has 2 fully saturated rings. The summed E-state index contributed by atoms with van der Waals surface area (Å²) < 4.78 is 14.8. The standard InChI is InChI=1S/C18H24BrFN2O/c1-13(23)22-8-5-14(6-9-22)15-4-7-21(11-15)12-16-10-17(19)2-3-18(16)20/h2-3,10,14-15H,4-9,11-12H2,1H3. The lowest BCUT2D eigenvalue weighted by atomic mass is 9.84. The number of hydrogen-bond donors (Lipinski definition) is 0. The number of hydrogen-bond acceptors (Lipinski definition) is 2. The summed E-state index contributed by atoms with van der Waals surface area (Å²) in [6.45, 7) is 6.24. The van der Waals surface area contributed by atoms with Crippen molar-refractivity contribution in [2.75, 3.05) is 26.2 Å². The van der Waals surface area contributed by atoms with Gasteiger partial charge in [-0.15, -0.1) is 0 Å². The molecule has 2 saturated heterocycles. The quantitative estimate of drug-likeness (QED) is 0.795. The van der Waals surface area contributed by atoms with E-state index in [1.165, 1.54) is 12.5 Å². The lowest BCUT2D eigenvalue weighted by Crippen LogP contribution is -2.39. The number of rotatable bonds is 3. The van der Waals surface area contributed by atoms with Gasteiger partial charge in [-0.3, -0.25) is 9.69 Å². The van der Waals surface area contributed by atoms with Crippen LogP contribution in [0.5, 0.6) is 0 Å². The monoisotopic (exact) mass is 382 g/mol. The van der Waals surface area contributed by atoms with Crippen LogP contribution in [0.2, 0.25) is 0 Å². The number of halogens is 2. The number of likely N-dealkylation sites (tertiary alicyclic amines) is 2. The summed E-state index contributed by atoms with van der Waals surface area (Å²) in [5.41, 5.74) is 0.770. The van der Waals surface area contributed by atoms with Gasteiger partial charge in [0.05, 0.1) is 0 Å². The van der Waals surface area contributed by atoms with Crippen molar-refractivity contribution >= 4 is 21.8 Å². The van der Waals surface area contributed by atoms with Gasteiger partial charge in [-0.2, -0.15) is 0 Å². The minimum absolute atomic E-state index is 0.119. The minimum Gasteiger partial charge on any atom is -0.343 e. The van der Waals surface area contributed by atoms with Gasteiger partial charge in [0.1, 0.15) is 5.82 Å². The number of piperidine rings is 1. The van der Waals surface area contributed by atoms with Crippen LogP contribution >= 0.6 is 15.9 Å². The molecule has 5 heteroatoms. The molecule has 0 spiro atoms. The Bertz CT molecular complexity index is 572. The number of carbonyl (C=O) groups excluding carboxylic acids is 1. The molecule has 1 atom stereocenters. The molecule has 1 amide bonds. The fourth-order valence-corrected chi connectivity index (χ4v) is 4.39. The van der Waals surface area contributed by atoms with Crippen LogP contribution in [-0.2, 0) is 11.3 Å². The molecule has 0 bridgehead atoms. The molecule has 126 valence electrons. The Morgan fingerprint density at radius 2 is 1.91 bits per heavy atom. The molecule has 0 aliphatic carbocycles. The molecule has 2 heterocycles. The normalized spacial score (nSPS) is 23.4. The molecule has 1 aromatic rings. The van der Waals surface area contributed by atoms with E-state index < -0.39 is 0 Å². The van der Waals surface area contributed by atoms with Crippen molar-refractivity contribution in [2.24, 2.45) is 11.8 Å². The average molecular weight is 383 g/mol. The van der Waals surface area contributed by atoms with E-state index in [1.807, 2.05) is 11.0 Å². The van der Waals surface area contributed by atoms with Crippen LogP contribution in [-0.4, -0.2) is 41.9 Å². The van der Waals surface area contributed by atoms with Crippen molar-refractivity contribution in [2.45, 2.75) is 32.7 Å². The van der Waals surface area contributed by atoms with Gasteiger partial charge in [0.15, 0.2) is 0 Å². The van der Waals surface area contributed by atoms with E-state index in [1.54, 1.807) is 13.0 Å². The largest absolute Gasteiger partial charge is 0.343 e. The van der Waals surface area contributed by atoms with E-state index in [0.717, 1.165) is 49.1 Å². The van der Waals surface area contributed by atoms with Crippen molar-refractivity contribution in [1.82, 2.24) is 9.80 Å². The van der Waals surface area contributed by atoms with Crippen LogP contribution in [0.4, 0.5) is 4.39 Å². The van der Waals surface area contributed by atoms with Gasteiger partial charge in [-0.1, -0.05) is 15.9 Å². The maximum Gasteiger partial charge on any atom is 0.219 e. The summed E-state index contributed by atoms with van der Waals surface area (Å²) >= 11 is 3.42. The first-order valence-corrected chi connectivity index (χ1v) is 9.24. The number of amides is 1. The van der Waals surface area contributed by atoms with Gasteiger partial charge >= 0.3 is 0 Å². The first-order chi connectivity index (χ1) is 11.0. The van der Waals surface area contributed by atoms with E-state index in [4.69, 9.17) is 0 Å². The maximum atomic E-state index is 13.9. The SMILES string of the molecule is CC(=O)N1CCC(C2CCN(Cc3cc(Br)ccc3F)C2)CC1. The Balaban J connectivity index is 1.53. The second-order valence-electron chi connectivity index (χ2n) is 6.86. The molecular formula is C18H24BrFN2O. The van der Waals surface area contributed by atoms with Crippen molar-refractivity contribution in [3.05, 3.63) is 34.1 Å². The van der Waals surface area contributed by atoms with Gasteiger partial charge in [0.2, 0.25) is 5.91 Å². The van der Waals surface area contributed by atoms with Gasteiger partial charge in [-0.05, 0) is 55.8 Å². The van der Waals surface area contributed by atoms with Crippen LogP contribution in [0.15, 0.2) is 22.7 Å². The Morgan fingerprint density at radius 1 is 1.22 bits per heavy atom. The summed E-state index contributed by atoms with van der Waals surface area (Å²) in [6.07, 6.45) is 3.42. The van der Waals surface area contributed by atoms with Crippen LogP contribution in [0.3, 0.4) is 0 Å². The predicted molar refractivity (Wildman–Crippen MR) is 92.5 cm³/mol. The Hall–Kier alpha value is -0.940.